The highest BCUT2D eigenvalue weighted by Crippen LogP contribution is 2.21. The smallest absolute Gasteiger partial charge is 0.0851 e. The van der Waals surface area contributed by atoms with Crippen LogP contribution < -0.4 is 0 Å². The van der Waals surface area contributed by atoms with Crippen LogP contribution >= 0.6 is 0 Å². The van der Waals surface area contributed by atoms with Crippen LogP contribution in [-0.2, 0) is 16.1 Å². The molecule has 1 aliphatic heterocycles. The third-order valence-electron chi connectivity index (χ3n) is 3.35. The molecule has 0 saturated carbocycles. The number of ether oxygens (including phenoxy) is 2. The van der Waals surface area contributed by atoms with E-state index < -0.39 is 0 Å². The summed E-state index contributed by atoms with van der Waals surface area (Å²) in [4.78, 5) is 0. The van der Waals surface area contributed by atoms with Crippen LogP contribution in [0.1, 0.15) is 32.3 Å². The van der Waals surface area contributed by atoms with Gasteiger partial charge in [-0.25, -0.2) is 0 Å². The average Bonchev–Trinajstić information content (AvgIpc) is 2.42. The van der Waals surface area contributed by atoms with Crippen molar-refractivity contribution in [3.63, 3.8) is 0 Å². The molecule has 1 unspecified atom stereocenters. The predicted molar refractivity (Wildman–Crippen MR) is 73.4 cm³/mol. The van der Waals surface area contributed by atoms with Gasteiger partial charge in [-0.1, -0.05) is 43.3 Å². The highest BCUT2D eigenvalue weighted by Gasteiger charge is 2.20. The van der Waals surface area contributed by atoms with Crippen LogP contribution in [0.15, 0.2) is 42.0 Å². The zero-order valence-corrected chi connectivity index (χ0v) is 11.3. The maximum absolute atomic E-state index is 5.99. The van der Waals surface area contributed by atoms with Crippen LogP contribution in [-0.4, -0.2) is 18.8 Å². The number of hydrogen-bond acceptors (Lipinski definition) is 2. The first-order chi connectivity index (χ1) is 8.79. The molecule has 0 bridgehead atoms. The molecule has 1 heterocycles. The van der Waals surface area contributed by atoms with Crippen molar-refractivity contribution < 1.29 is 9.47 Å². The molecule has 0 spiro atoms. The van der Waals surface area contributed by atoms with Crippen molar-refractivity contribution in [1.29, 1.82) is 0 Å². The molecule has 0 amide bonds. The Kier molecular flexibility index (Phi) is 4.97. The average molecular weight is 246 g/mol. The van der Waals surface area contributed by atoms with Gasteiger partial charge >= 0.3 is 0 Å². The van der Waals surface area contributed by atoms with Crippen molar-refractivity contribution in [1.82, 2.24) is 0 Å². The first-order valence-electron chi connectivity index (χ1n) is 6.73. The van der Waals surface area contributed by atoms with E-state index in [1.54, 1.807) is 0 Å². The van der Waals surface area contributed by atoms with E-state index >= 15 is 0 Å². The van der Waals surface area contributed by atoms with Crippen LogP contribution in [0.4, 0.5) is 0 Å². The largest absolute Gasteiger partial charge is 0.374 e. The second kappa shape index (κ2) is 6.72. The van der Waals surface area contributed by atoms with E-state index in [9.17, 15) is 0 Å². The SMILES string of the molecule is CCC1O[C@@H](COCc2ccccc2)CC=C1C. The molecular weight excluding hydrogens is 224 g/mol. The van der Waals surface area contributed by atoms with Crippen molar-refractivity contribution in [2.45, 2.75) is 45.5 Å². The highest BCUT2D eigenvalue weighted by atomic mass is 16.5. The Hall–Kier alpha value is -1.12. The monoisotopic (exact) mass is 246 g/mol. The molecule has 0 aliphatic carbocycles. The molecule has 2 rings (SSSR count). The van der Waals surface area contributed by atoms with Gasteiger partial charge in [0.15, 0.2) is 0 Å². The summed E-state index contributed by atoms with van der Waals surface area (Å²) in [5.74, 6) is 0. The van der Waals surface area contributed by atoms with Crippen molar-refractivity contribution in [2.75, 3.05) is 6.61 Å². The summed E-state index contributed by atoms with van der Waals surface area (Å²) in [7, 11) is 0. The third-order valence-corrected chi connectivity index (χ3v) is 3.35. The molecule has 1 aliphatic rings. The lowest BCUT2D eigenvalue weighted by molar-refractivity contribution is -0.0546. The number of benzene rings is 1. The van der Waals surface area contributed by atoms with E-state index in [-0.39, 0.29) is 12.2 Å². The molecular formula is C16H22O2. The van der Waals surface area contributed by atoms with Crippen LogP contribution in [0.25, 0.3) is 0 Å². The molecule has 2 atom stereocenters. The maximum Gasteiger partial charge on any atom is 0.0851 e. The van der Waals surface area contributed by atoms with Crippen LogP contribution in [0.2, 0.25) is 0 Å². The zero-order valence-electron chi connectivity index (χ0n) is 11.3. The van der Waals surface area contributed by atoms with E-state index in [1.165, 1.54) is 11.1 Å². The van der Waals surface area contributed by atoms with E-state index in [2.05, 4.69) is 32.1 Å². The first kappa shape index (κ1) is 13.3. The lowest BCUT2D eigenvalue weighted by Crippen LogP contribution is -2.30. The molecule has 0 fully saturated rings. The van der Waals surface area contributed by atoms with Gasteiger partial charge in [0, 0.05) is 0 Å². The maximum atomic E-state index is 5.99. The normalized spacial score (nSPS) is 23.8. The van der Waals surface area contributed by atoms with E-state index in [0.717, 1.165) is 12.8 Å². The fourth-order valence-electron chi connectivity index (χ4n) is 2.25. The van der Waals surface area contributed by atoms with Gasteiger partial charge in [-0.15, -0.1) is 0 Å². The minimum Gasteiger partial charge on any atom is -0.374 e. The van der Waals surface area contributed by atoms with Crippen molar-refractivity contribution in [3.05, 3.63) is 47.5 Å². The zero-order chi connectivity index (χ0) is 12.8. The first-order valence-corrected chi connectivity index (χ1v) is 6.73. The highest BCUT2D eigenvalue weighted by molar-refractivity contribution is 5.13. The van der Waals surface area contributed by atoms with Gasteiger partial charge in [0.1, 0.15) is 0 Å². The molecule has 0 N–H and O–H groups in total. The van der Waals surface area contributed by atoms with Crippen LogP contribution in [0.3, 0.4) is 0 Å². The second-order valence-electron chi connectivity index (χ2n) is 4.84. The summed E-state index contributed by atoms with van der Waals surface area (Å²) in [6.45, 7) is 5.65. The van der Waals surface area contributed by atoms with Crippen LogP contribution in [0, 0.1) is 0 Å². The van der Waals surface area contributed by atoms with Crippen LogP contribution in [0.5, 0.6) is 0 Å². The molecule has 1 aromatic carbocycles. The fraction of sp³-hybridized carbons (Fsp3) is 0.500. The topological polar surface area (TPSA) is 18.5 Å². The Morgan fingerprint density at radius 2 is 2.06 bits per heavy atom. The molecule has 0 aromatic heterocycles. The standard InChI is InChI=1S/C16H22O2/c1-3-16-13(2)9-10-15(18-16)12-17-11-14-7-5-4-6-8-14/h4-9,15-16H,3,10-12H2,1-2H3/t15-,16?/m1/s1. The Labute approximate surface area is 110 Å². The molecule has 18 heavy (non-hydrogen) atoms. The summed E-state index contributed by atoms with van der Waals surface area (Å²) in [6.07, 6.45) is 4.79. The van der Waals surface area contributed by atoms with Crippen molar-refractivity contribution in [2.24, 2.45) is 0 Å². The molecule has 98 valence electrons. The molecule has 0 saturated heterocycles. The Morgan fingerprint density at radius 3 is 2.78 bits per heavy atom. The van der Waals surface area contributed by atoms with Gasteiger partial charge in [-0.3, -0.25) is 0 Å². The van der Waals surface area contributed by atoms with Gasteiger partial charge in [-0.2, -0.15) is 0 Å². The Morgan fingerprint density at radius 1 is 1.28 bits per heavy atom. The van der Waals surface area contributed by atoms with E-state index in [4.69, 9.17) is 9.47 Å². The molecule has 0 radical (unpaired) electrons. The van der Waals surface area contributed by atoms with E-state index in [0.29, 0.717) is 13.2 Å². The molecule has 1 aromatic rings. The summed E-state index contributed by atoms with van der Waals surface area (Å²) in [5.41, 5.74) is 2.57. The predicted octanol–water partition coefficient (Wildman–Crippen LogP) is 3.72. The number of rotatable bonds is 5. The van der Waals surface area contributed by atoms with Gasteiger partial charge < -0.3 is 9.47 Å². The lowest BCUT2D eigenvalue weighted by Gasteiger charge is -2.28. The van der Waals surface area contributed by atoms with Gasteiger partial charge in [0.25, 0.3) is 0 Å². The molecule has 2 nitrogen and oxygen atoms in total. The summed E-state index contributed by atoms with van der Waals surface area (Å²) >= 11 is 0. The Bertz CT molecular complexity index is 383. The fourth-order valence-corrected chi connectivity index (χ4v) is 2.25. The summed E-state index contributed by atoms with van der Waals surface area (Å²) < 4.78 is 11.7. The van der Waals surface area contributed by atoms with Gasteiger partial charge in [0.2, 0.25) is 0 Å². The summed E-state index contributed by atoms with van der Waals surface area (Å²) in [6, 6.07) is 10.3. The van der Waals surface area contributed by atoms with Crippen molar-refractivity contribution >= 4 is 0 Å². The third kappa shape index (κ3) is 3.69. The van der Waals surface area contributed by atoms with Gasteiger partial charge in [0.05, 0.1) is 25.4 Å². The van der Waals surface area contributed by atoms with E-state index in [1.807, 2.05) is 18.2 Å². The second-order valence-corrected chi connectivity index (χ2v) is 4.84. The minimum absolute atomic E-state index is 0.211. The quantitative estimate of drug-likeness (QED) is 0.737. The number of hydrogen-bond donors (Lipinski definition) is 0. The lowest BCUT2D eigenvalue weighted by atomic mass is 10.0. The minimum atomic E-state index is 0.211. The molecule has 2 heteroatoms. The van der Waals surface area contributed by atoms with Gasteiger partial charge in [-0.05, 0) is 30.9 Å². The van der Waals surface area contributed by atoms with Crippen molar-refractivity contribution in [3.8, 4) is 0 Å². The Balaban J connectivity index is 1.75. The summed E-state index contributed by atoms with van der Waals surface area (Å²) in [5, 5.41) is 0.